The third-order valence-electron chi connectivity index (χ3n) is 5.78. The number of nitrogens with zero attached hydrogens (tertiary/aromatic N) is 4. The Hall–Kier alpha value is -3.25. The molecule has 0 aliphatic carbocycles. The number of para-hydroxylation sites is 2. The van der Waals surface area contributed by atoms with Crippen molar-refractivity contribution in [1.29, 1.82) is 0 Å². The van der Waals surface area contributed by atoms with Crippen molar-refractivity contribution in [3.8, 4) is 0 Å². The topological polar surface area (TPSA) is 75.3 Å². The predicted molar refractivity (Wildman–Crippen MR) is 113 cm³/mol. The lowest BCUT2D eigenvalue weighted by Crippen LogP contribution is -2.41. The van der Waals surface area contributed by atoms with Crippen molar-refractivity contribution in [3.63, 3.8) is 0 Å². The van der Waals surface area contributed by atoms with Crippen LogP contribution >= 0.6 is 0 Å². The number of nitrogens with two attached hydrogens (primary N) is 1. The number of hydrogen-bond donors (Lipinski definition) is 1. The number of rotatable bonds is 2. The van der Waals surface area contributed by atoms with E-state index >= 15 is 0 Å². The fourth-order valence-corrected chi connectivity index (χ4v) is 4.32. The maximum absolute atomic E-state index is 13.6. The van der Waals surface area contributed by atoms with E-state index in [2.05, 4.69) is 39.1 Å². The molecular weight excluding hydrogens is 362 g/mol. The third-order valence-corrected chi connectivity index (χ3v) is 5.78. The first-order chi connectivity index (χ1) is 14.2. The predicted octanol–water partition coefficient (Wildman–Crippen LogP) is 2.88. The van der Waals surface area contributed by atoms with Gasteiger partial charge in [0.2, 0.25) is 11.9 Å². The van der Waals surface area contributed by atoms with Crippen LogP contribution in [0.4, 0.5) is 17.3 Å². The van der Waals surface area contributed by atoms with Crippen LogP contribution in [0.5, 0.6) is 0 Å². The van der Waals surface area contributed by atoms with E-state index in [0.717, 1.165) is 48.4 Å². The highest BCUT2D eigenvalue weighted by atomic mass is 16.2. The summed E-state index contributed by atoms with van der Waals surface area (Å²) >= 11 is 0. The first kappa shape index (κ1) is 17.8. The summed E-state index contributed by atoms with van der Waals surface area (Å²) in [7, 11) is 0. The number of aryl methyl sites for hydroxylation is 2. The summed E-state index contributed by atoms with van der Waals surface area (Å²) in [6, 6.07) is 16.4. The van der Waals surface area contributed by atoms with Crippen LogP contribution in [0.2, 0.25) is 0 Å². The van der Waals surface area contributed by atoms with Gasteiger partial charge in [-0.2, -0.15) is 0 Å². The molecule has 2 N–H and O–H groups in total. The highest BCUT2D eigenvalue weighted by Crippen LogP contribution is 2.36. The van der Waals surface area contributed by atoms with Gasteiger partial charge in [-0.1, -0.05) is 36.4 Å². The second-order valence-corrected chi connectivity index (χ2v) is 7.65. The van der Waals surface area contributed by atoms with Crippen molar-refractivity contribution < 1.29 is 4.79 Å². The summed E-state index contributed by atoms with van der Waals surface area (Å²) in [5.74, 6) is 0.365. The highest BCUT2D eigenvalue weighted by molar-refractivity contribution is 6.03. The molecule has 6 nitrogen and oxygen atoms in total. The fourth-order valence-electron chi connectivity index (χ4n) is 4.32. The van der Waals surface area contributed by atoms with E-state index in [1.807, 2.05) is 29.2 Å². The maximum Gasteiger partial charge on any atom is 0.245 e. The second kappa shape index (κ2) is 7.29. The molecule has 1 amide bonds. The highest BCUT2D eigenvalue weighted by Gasteiger charge is 2.28. The SMILES string of the molecule is Nc1ncc2c(n1)CN(CC(=O)N1c3ccccc3CCc3ccccc31)CC2. The molecule has 2 aliphatic rings. The Labute approximate surface area is 170 Å². The Morgan fingerprint density at radius 2 is 1.59 bits per heavy atom. The standard InChI is InChI=1S/C23H23N5O/c24-23-25-13-18-11-12-27(14-19(18)26-23)15-22(29)28-20-7-3-1-5-16(20)9-10-17-6-2-4-8-21(17)28/h1-8,13H,9-12,14-15H2,(H2,24,25,26). The van der Waals surface area contributed by atoms with Gasteiger partial charge in [-0.25, -0.2) is 9.97 Å². The monoisotopic (exact) mass is 385 g/mol. The molecule has 0 saturated heterocycles. The minimum Gasteiger partial charge on any atom is -0.368 e. The molecule has 146 valence electrons. The van der Waals surface area contributed by atoms with Crippen LogP contribution < -0.4 is 10.6 Å². The van der Waals surface area contributed by atoms with Crippen molar-refractivity contribution in [2.24, 2.45) is 0 Å². The first-order valence-corrected chi connectivity index (χ1v) is 10.0. The third kappa shape index (κ3) is 3.36. The van der Waals surface area contributed by atoms with Crippen LogP contribution in [0, 0.1) is 0 Å². The van der Waals surface area contributed by atoms with Gasteiger partial charge in [0.05, 0.1) is 23.6 Å². The zero-order valence-corrected chi connectivity index (χ0v) is 16.2. The molecule has 0 bridgehead atoms. The van der Waals surface area contributed by atoms with Gasteiger partial charge in [-0.15, -0.1) is 0 Å². The van der Waals surface area contributed by atoms with Crippen molar-refractivity contribution in [2.75, 3.05) is 23.7 Å². The van der Waals surface area contributed by atoms with Crippen molar-refractivity contribution in [2.45, 2.75) is 25.8 Å². The molecule has 0 spiro atoms. The van der Waals surface area contributed by atoms with E-state index in [4.69, 9.17) is 5.73 Å². The van der Waals surface area contributed by atoms with Gasteiger partial charge < -0.3 is 5.73 Å². The molecule has 3 aromatic rings. The van der Waals surface area contributed by atoms with E-state index in [-0.39, 0.29) is 11.9 Å². The Bertz CT molecular complexity index is 1030. The van der Waals surface area contributed by atoms with Crippen LogP contribution in [0.15, 0.2) is 54.7 Å². The first-order valence-electron chi connectivity index (χ1n) is 10.0. The summed E-state index contributed by atoms with van der Waals surface area (Å²) in [5.41, 5.74) is 12.2. The smallest absolute Gasteiger partial charge is 0.245 e. The van der Waals surface area contributed by atoms with Crippen LogP contribution in [-0.4, -0.2) is 33.9 Å². The Morgan fingerprint density at radius 3 is 2.28 bits per heavy atom. The molecule has 0 saturated carbocycles. The minimum atomic E-state index is 0.0808. The zero-order chi connectivity index (χ0) is 19.8. The normalized spacial score (nSPS) is 15.8. The summed E-state index contributed by atoms with van der Waals surface area (Å²) in [6.07, 6.45) is 4.50. The number of carbonyl (C=O) groups is 1. The van der Waals surface area contributed by atoms with E-state index in [1.165, 1.54) is 11.1 Å². The average molecular weight is 385 g/mol. The van der Waals surface area contributed by atoms with E-state index in [9.17, 15) is 4.79 Å². The lowest BCUT2D eigenvalue weighted by molar-refractivity contribution is -0.119. The number of nitrogen functional groups attached to an aromatic ring is 1. The lowest BCUT2D eigenvalue weighted by Gasteiger charge is -2.31. The van der Waals surface area contributed by atoms with Crippen molar-refractivity contribution in [1.82, 2.24) is 14.9 Å². The number of amides is 1. The molecule has 2 aromatic carbocycles. The Morgan fingerprint density at radius 1 is 0.931 bits per heavy atom. The van der Waals surface area contributed by atoms with Crippen molar-refractivity contribution >= 4 is 23.2 Å². The van der Waals surface area contributed by atoms with E-state index in [1.54, 1.807) is 6.20 Å². The van der Waals surface area contributed by atoms with Gasteiger partial charge >= 0.3 is 0 Å². The van der Waals surface area contributed by atoms with Crippen molar-refractivity contribution in [3.05, 3.63) is 77.1 Å². The van der Waals surface area contributed by atoms with Gasteiger partial charge in [0.1, 0.15) is 0 Å². The molecule has 1 aromatic heterocycles. The molecule has 0 radical (unpaired) electrons. The van der Waals surface area contributed by atoms with Crippen LogP contribution in [-0.2, 0) is 30.6 Å². The number of benzene rings is 2. The van der Waals surface area contributed by atoms with Gasteiger partial charge in [-0.3, -0.25) is 14.6 Å². The molecule has 0 fully saturated rings. The van der Waals surface area contributed by atoms with Crippen LogP contribution in [0.3, 0.4) is 0 Å². The summed E-state index contributed by atoms with van der Waals surface area (Å²) in [5, 5.41) is 0. The Balaban J connectivity index is 1.45. The molecule has 6 heteroatoms. The summed E-state index contributed by atoms with van der Waals surface area (Å²) < 4.78 is 0. The number of anilines is 3. The zero-order valence-electron chi connectivity index (χ0n) is 16.2. The molecular formula is C23H23N5O. The van der Waals surface area contributed by atoms with Gasteiger partial charge in [0, 0.05) is 19.3 Å². The number of hydrogen-bond acceptors (Lipinski definition) is 5. The minimum absolute atomic E-state index is 0.0808. The van der Waals surface area contributed by atoms with Gasteiger partial charge in [0.25, 0.3) is 0 Å². The molecule has 2 aliphatic heterocycles. The molecule has 29 heavy (non-hydrogen) atoms. The average Bonchev–Trinajstić information content (AvgIpc) is 2.90. The van der Waals surface area contributed by atoms with E-state index in [0.29, 0.717) is 13.1 Å². The number of aromatic nitrogens is 2. The Kier molecular flexibility index (Phi) is 4.48. The summed E-state index contributed by atoms with van der Waals surface area (Å²) in [6.45, 7) is 1.76. The number of carbonyl (C=O) groups excluding carboxylic acids is 1. The molecule has 0 unspecified atom stereocenters. The number of fused-ring (bicyclic) bond motifs is 3. The van der Waals surface area contributed by atoms with Gasteiger partial charge in [-0.05, 0) is 48.1 Å². The second-order valence-electron chi connectivity index (χ2n) is 7.65. The quantitative estimate of drug-likeness (QED) is 0.734. The van der Waals surface area contributed by atoms with Crippen LogP contribution in [0.1, 0.15) is 22.4 Å². The fraction of sp³-hybridized carbons (Fsp3) is 0.261. The van der Waals surface area contributed by atoms with E-state index < -0.39 is 0 Å². The largest absolute Gasteiger partial charge is 0.368 e. The molecule has 5 rings (SSSR count). The van der Waals surface area contributed by atoms with Crippen LogP contribution in [0.25, 0.3) is 0 Å². The summed E-state index contributed by atoms with van der Waals surface area (Å²) in [4.78, 5) is 26.1. The lowest BCUT2D eigenvalue weighted by atomic mass is 10.0. The van der Waals surface area contributed by atoms with Gasteiger partial charge in [0.15, 0.2) is 0 Å². The molecule has 0 atom stereocenters. The molecule has 3 heterocycles. The maximum atomic E-state index is 13.6.